The van der Waals surface area contributed by atoms with E-state index < -0.39 is 11.9 Å². The summed E-state index contributed by atoms with van der Waals surface area (Å²) in [6, 6.07) is 12.8. The lowest BCUT2D eigenvalue weighted by Gasteiger charge is -2.22. The van der Waals surface area contributed by atoms with E-state index in [0.717, 1.165) is 10.8 Å². The average Bonchev–Trinajstić information content (AvgIpc) is 3.04. The maximum Gasteiger partial charge on any atom is 0.261 e. The molecule has 2 aromatic rings. The van der Waals surface area contributed by atoms with E-state index in [1.807, 2.05) is 42.5 Å². The Bertz CT molecular complexity index is 756. The first-order valence-corrected chi connectivity index (χ1v) is 7.82. The van der Waals surface area contributed by atoms with Crippen LogP contribution in [0.2, 0.25) is 0 Å². The number of nitrogens with two attached hydrogens (primary N) is 1. The van der Waals surface area contributed by atoms with Gasteiger partial charge in [-0.3, -0.25) is 9.59 Å². The van der Waals surface area contributed by atoms with Crippen LogP contribution in [-0.2, 0) is 14.3 Å². The highest BCUT2D eigenvalue weighted by atomic mass is 16.5. The van der Waals surface area contributed by atoms with E-state index in [9.17, 15) is 9.59 Å². The number of rotatable bonds is 5. The lowest BCUT2D eigenvalue weighted by atomic mass is 10.1. The molecule has 1 saturated heterocycles. The van der Waals surface area contributed by atoms with Gasteiger partial charge in [0.05, 0.1) is 6.10 Å². The molecule has 0 aliphatic carbocycles. The quantitative estimate of drug-likeness (QED) is 0.897. The van der Waals surface area contributed by atoms with E-state index in [2.05, 4.69) is 0 Å². The van der Waals surface area contributed by atoms with Crippen molar-refractivity contribution >= 4 is 22.6 Å². The Morgan fingerprint density at radius 2 is 1.96 bits per heavy atom. The van der Waals surface area contributed by atoms with Crippen LogP contribution in [0, 0.1) is 0 Å². The highest BCUT2D eigenvalue weighted by Crippen LogP contribution is 2.26. The van der Waals surface area contributed by atoms with Gasteiger partial charge in [-0.1, -0.05) is 36.4 Å². The lowest BCUT2D eigenvalue weighted by molar-refractivity contribution is -0.139. The summed E-state index contributed by atoms with van der Waals surface area (Å²) < 4.78 is 11.0. The van der Waals surface area contributed by atoms with Crippen molar-refractivity contribution in [2.45, 2.75) is 18.6 Å². The summed E-state index contributed by atoms with van der Waals surface area (Å²) in [6.07, 6.45) is 0.246. The lowest BCUT2D eigenvalue weighted by Crippen LogP contribution is -2.45. The molecule has 1 aliphatic rings. The van der Waals surface area contributed by atoms with Crippen LogP contribution in [0.3, 0.4) is 0 Å². The summed E-state index contributed by atoms with van der Waals surface area (Å²) >= 11 is 0. The van der Waals surface area contributed by atoms with Gasteiger partial charge in [0.25, 0.3) is 5.91 Å². The molecule has 24 heavy (non-hydrogen) atoms. The van der Waals surface area contributed by atoms with Gasteiger partial charge in [-0.25, -0.2) is 0 Å². The summed E-state index contributed by atoms with van der Waals surface area (Å²) in [5, 5.41) is 1.98. The van der Waals surface area contributed by atoms with E-state index in [-0.39, 0.29) is 18.6 Å². The molecule has 6 nitrogen and oxygen atoms in total. The molecule has 2 atom stereocenters. The molecule has 2 N–H and O–H groups in total. The number of carbonyl (C=O) groups is 2. The number of methoxy groups -OCH3 is 1. The topological polar surface area (TPSA) is 81.9 Å². The first kappa shape index (κ1) is 16.3. The summed E-state index contributed by atoms with van der Waals surface area (Å²) in [4.78, 5) is 25.5. The number of hydrogen-bond donors (Lipinski definition) is 1. The Balaban J connectivity index is 1.71. The highest BCUT2D eigenvalue weighted by molar-refractivity contribution is 5.90. The minimum atomic E-state index is -0.640. The molecular formula is C18H20N2O4. The van der Waals surface area contributed by atoms with Crippen LogP contribution in [0.4, 0.5) is 0 Å². The van der Waals surface area contributed by atoms with Gasteiger partial charge >= 0.3 is 0 Å². The van der Waals surface area contributed by atoms with Crippen molar-refractivity contribution < 1.29 is 19.1 Å². The molecule has 2 amide bonds. The van der Waals surface area contributed by atoms with Gasteiger partial charge in [0.2, 0.25) is 5.91 Å². The first-order chi connectivity index (χ1) is 11.6. The Labute approximate surface area is 140 Å². The fourth-order valence-electron chi connectivity index (χ4n) is 3.06. The van der Waals surface area contributed by atoms with Crippen LogP contribution in [0.15, 0.2) is 42.5 Å². The molecule has 0 aromatic heterocycles. The predicted molar refractivity (Wildman–Crippen MR) is 89.6 cm³/mol. The standard InChI is InChI=1S/C18H20N2O4/c1-23-13-9-15(18(19)22)20(10-13)17(21)11-24-16-8-4-6-12-5-2-3-7-14(12)16/h2-8,13,15H,9-11H2,1H3,(H2,19,22)/t13-,15-/m0/s1. The van der Waals surface area contributed by atoms with Gasteiger partial charge in [0.15, 0.2) is 6.61 Å². The highest BCUT2D eigenvalue weighted by Gasteiger charge is 2.38. The second-order valence-electron chi connectivity index (χ2n) is 5.82. The molecule has 126 valence electrons. The molecule has 3 rings (SSSR count). The van der Waals surface area contributed by atoms with Crippen LogP contribution in [0.1, 0.15) is 6.42 Å². The molecule has 0 spiro atoms. The Morgan fingerprint density at radius 3 is 2.71 bits per heavy atom. The predicted octanol–water partition coefficient (Wildman–Crippen LogP) is 1.32. The van der Waals surface area contributed by atoms with Crippen molar-refractivity contribution in [3.05, 3.63) is 42.5 Å². The molecule has 0 saturated carbocycles. The summed E-state index contributed by atoms with van der Waals surface area (Å²) in [6.45, 7) is 0.204. The van der Waals surface area contributed by atoms with Gasteiger partial charge in [-0.15, -0.1) is 0 Å². The molecule has 1 heterocycles. The van der Waals surface area contributed by atoms with E-state index in [0.29, 0.717) is 18.7 Å². The minimum Gasteiger partial charge on any atom is -0.483 e. The number of hydrogen-bond acceptors (Lipinski definition) is 4. The maximum absolute atomic E-state index is 12.5. The second-order valence-corrected chi connectivity index (χ2v) is 5.82. The molecular weight excluding hydrogens is 308 g/mol. The molecule has 0 bridgehead atoms. The molecule has 1 aliphatic heterocycles. The first-order valence-electron chi connectivity index (χ1n) is 7.82. The zero-order valence-corrected chi connectivity index (χ0v) is 13.5. The van der Waals surface area contributed by atoms with Crippen LogP contribution in [-0.4, -0.2) is 49.1 Å². The third-order valence-corrected chi connectivity index (χ3v) is 4.35. The van der Waals surface area contributed by atoms with Crippen LogP contribution < -0.4 is 10.5 Å². The Hall–Kier alpha value is -2.60. The molecule has 2 aromatic carbocycles. The summed E-state index contributed by atoms with van der Waals surface area (Å²) in [5.41, 5.74) is 5.40. The summed E-state index contributed by atoms with van der Waals surface area (Å²) in [7, 11) is 1.56. The monoisotopic (exact) mass is 328 g/mol. The smallest absolute Gasteiger partial charge is 0.261 e. The third kappa shape index (κ3) is 3.19. The van der Waals surface area contributed by atoms with Crippen molar-refractivity contribution in [1.82, 2.24) is 4.90 Å². The Kier molecular flexibility index (Phi) is 4.66. The number of ether oxygens (including phenoxy) is 2. The number of nitrogens with zero attached hydrogens (tertiary/aromatic N) is 1. The van der Waals surface area contributed by atoms with E-state index in [1.165, 1.54) is 4.90 Å². The summed E-state index contributed by atoms with van der Waals surface area (Å²) in [5.74, 6) is -0.154. The number of likely N-dealkylation sites (tertiary alicyclic amines) is 1. The van der Waals surface area contributed by atoms with Crippen molar-refractivity contribution in [3.63, 3.8) is 0 Å². The number of primary amides is 1. The van der Waals surface area contributed by atoms with Crippen LogP contribution in [0.25, 0.3) is 10.8 Å². The fraction of sp³-hybridized carbons (Fsp3) is 0.333. The molecule has 0 radical (unpaired) electrons. The number of fused-ring (bicyclic) bond motifs is 1. The SMILES string of the molecule is CO[C@H]1C[C@@H](C(N)=O)N(C(=O)COc2cccc3ccccc23)C1. The minimum absolute atomic E-state index is 0.145. The van der Waals surface area contributed by atoms with Gasteiger partial charge in [0, 0.05) is 25.5 Å². The van der Waals surface area contributed by atoms with E-state index >= 15 is 0 Å². The van der Waals surface area contributed by atoms with Gasteiger partial charge in [0.1, 0.15) is 11.8 Å². The van der Waals surface area contributed by atoms with Gasteiger partial charge < -0.3 is 20.1 Å². The van der Waals surface area contributed by atoms with E-state index in [1.54, 1.807) is 7.11 Å². The second kappa shape index (κ2) is 6.88. The van der Waals surface area contributed by atoms with Gasteiger partial charge in [-0.05, 0) is 11.5 Å². The van der Waals surface area contributed by atoms with Crippen molar-refractivity contribution in [2.75, 3.05) is 20.3 Å². The van der Waals surface area contributed by atoms with Crippen molar-refractivity contribution in [2.24, 2.45) is 5.73 Å². The molecule has 1 fully saturated rings. The van der Waals surface area contributed by atoms with Gasteiger partial charge in [-0.2, -0.15) is 0 Å². The maximum atomic E-state index is 12.5. The fourth-order valence-corrected chi connectivity index (χ4v) is 3.06. The zero-order chi connectivity index (χ0) is 17.1. The largest absolute Gasteiger partial charge is 0.483 e. The number of amides is 2. The van der Waals surface area contributed by atoms with Crippen LogP contribution in [0.5, 0.6) is 5.75 Å². The van der Waals surface area contributed by atoms with Crippen LogP contribution >= 0.6 is 0 Å². The molecule has 6 heteroatoms. The van der Waals surface area contributed by atoms with Crippen molar-refractivity contribution in [3.8, 4) is 5.75 Å². The van der Waals surface area contributed by atoms with E-state index in [4.69, 9.17) is 15.2 Å². The normalized spacial score (nSPS) is 20.3. The average molecular weight is 328 g/mol. The molecule has 0 unspecified atom stereocenters. The Morgan fingerprint density at radius 1 is 1.21 bits per heavy atom. The van der Waals surface area contributed by atoms with Crippen molar-refractivity contribution in [1.29, 1.82) is 0 Å². The number of benzene rings is 2. The number of carbonyl (C=O) groups excluding carboxylic acids is 2. The third-order valence-electron chi connectivity index (χ3n) is 4.35. The zero-order valence-electron chi connectivity index (χ0n) is 13.5.